The first kappa shape index (κ1) is 19.8. The van der Waals surface area contributed by atoms with E-state index in [9.17, 15) is 14.7 Å². The first-order valence-electron chi connectivity index (χ1n) is 8.45. The fourth-order valence-electron chi connectivity index (χ4n) is 2.27. The van der Waals surface area contributed by atoms with Gasteiger partial charge in [-0.2, -0.15) is 0 Å². The number of aromatic carboxylic acids is 1. The summed E-state index contributed by atoms with van der Waals surface area (Å²) >= 11 is 0. The summed E-state index contributed by atoms with van der Waals surface area (Å²) < 4.78 is 9.85. The highest BCUT2D eigenvalue weighted by atomic mass is 16.7. The van der Waals surface area contributed by atoms with Gasteiger partial charge in [0.15, 0.2) is 0 Å². The summed E-state index contributed by atoms with van der Waals surface area (Å²) in [7, 11) is 0. The highest BCUT2D eigenvalue weighted by molar-refractivity contribution is 5.91. The van der Waals surface area contributed by atoms with Crippen LogP contribution in [0.4, 0.5) is 4.79 Å². The van der Waals surface area contributed by atoms with Crippen molar-refractivity contribution in [2.45, 2.75) is 58.3 Å². The lowest BCUT2D eigenvalue weighted by atomic mass is 10.1. The van der Waals surface area contributed by atoms with Gasteiger partial charge in [0.25, 0.3) is 0 Å². The van der Waals surface area contributed by atoms with Crippen molar-refractivity contribution in [1.29, 1.82) is 0 Å². The molecule has 24 heavy (non-hydrogen) atoms. The molecule has 1 aromatic rings. The molecule has 0 aromatic heterocycles. The molecule has 0 saturated heterocycles. The maximum Gasteiger partial charge on any atom is 0.513 e. The van der Waals surface area contributed by atoms with Gasteiger partial charge in [0.2, 0.25) is 0 Å². The Labute approximate surface area is 142 Å². The van der Waals surface area contributed by atoms with Gasteiger partial charge in [0.1, 0.15) is 17.1 Å². The fourth-order valence-corrected chi connectivity index (χ4v) is 2.27. The summed E-state index contributed by atoms with van der Waals surface area (Å²) in [4.78, 5) is 22.4. The Bertz CT molecular complexity index is 526. The third-order valence-electron chi connectivity index (χ3n) is 3.62. The van der Waals surface area contributed by atoms with Crippen LogP contribution in [0, 0.1) is 0 Å². The van der Waals surface area contributed by atoms with E-state index in [2.05, 4.69) is 6.92 Å². The lowest BCUT2D eigenvalue weighted by Gasteiger charge is -2.07. The number of ether oxygens (including phenoxy) is 2. The Balaban J connectivity index is 2.18. The van der Waals surface area contributed by atoms with Gasteiger partial charge in [-0.3, -0.25) is 0 Å². The van der Waals surface area contributed by atoms with E-state index in [0.717, 1.165) is 31.4 Å². The van der Waals surface area contributed by atoms with E-state index in [1.165, 1.54) is 38.2 Å². The molecular formula is C18H26O6. The van der Waals surface area contributed by atoms with E-state index in [1.807, 2.05) is 0 Å². The second kappa shape index (κ2) is 11.3. The molecule has 0 saturated carbocycles. The summed E-state index contributed by atoms with van der Waals surface area (Å²) in [6.45, 7) is 2.47. The van der Waals surface area contributed by atoms with Crippen LogP contribution in [-0.4, -0.2) is 28.9 Å². The number of carbonyl (C=O) groups excluding carboxylic acids is 1. The quantitative estimate of drug-likeness (QED) is 0.344. The van der Waals surface area contributed by atoms with Crippen molar-refractivity contribution in [2.75, 3.05) is 6.61 Å². The number of phenols is 1. The molecule has 0 unspecified atom stereocenters. The van der Waals surface area contributed by atoms with Crippen LogP contribution in [0.15, 0.2) is 18.2 Å². The van der Waals surface area contributed by atoms with E-state index in [1.54, 1.807) is 0 Å². The number of hydrogen-bond donors (Lipinski definition) is 2. The number of unbranched alkanes of at least 4 members (excludes halogenated alkanes) is 7. The van der Waals surface area contributed by atoms with E-state index < -0.39 is 12.1 Å². The molecule has 0 aliphatic heterocycles. The van der Waals surface area contributed by atoms with Gasteiger partial charge in [0, 0.05) is 0 Å². The zero-order valence-corrected chi connectivity index (χ0v) is 14.1. The molecule has 0 radical (unpaired) electrons. The molecule has 6 heteroatoms. The standard InChI is InChI=1S/C18H26O6/c1-2-3-4-5-6-7-8-9-12-23-18(22)24-14-10-11-16(19)15(13-14)17(20)21/h10-11,13,19H,2-9,12H2,1H3,(H,20,21). The van der Waals surface area contributed by atoms with E-state index in [-0.39, 0.29) is 23.7 Å². The fraction of sp³-hybridized carbons (Fsp3) is 0.556. The van der Waals surface area contributed by atoms with Crippen molar-refractivity contribution < 1.29 is 29.3 Å². The molecule has 0 heterocycles. The van der Waals surface area contributed by atoms with Crippen LogP contribution in [0.3, 0.4) is 0 Å². The predicted molar refractivity (Wildman–Crippen MR) is 89.7 cm³/mol. The SMILES string of the molecule is CCCCCCCCCCOC(=O)Oc1ccc(O)c(C(=O)O)c1. The van der Waals surface area contributed by atoms with E-state index in [4.69, 9.17) is 14.6 Å². The molecule has 0 atom stereocenters. The molecule has 1 rings (SSSR count). The van der Waals surface area contributed by atoms with Crippen LogP contribution in [0.25, 0.3) is 0 Å². The molecule has 0 amide bonds. The Morgan fingerprint density at radius 2 is 1.62 bits per heavy atom. The average Bonchev–Trinajstić information content (AvgIpc) is 2.55. The number of aromatic hydroxyl groups is 1. The normalized spacial score (nSPS) is 10.4. The lowest BCUT2D eigenvalue weighted by molar-refractivity contribution is 0.0691. The molecule has 0 aliphatic carbocycles. The topological polar surface area (TPSA) is 93.1 Å². The molecule has 134 valence electrons. The van der Waals surface area contributed by atoms with Crippen molar-refractivity contribution in [1.82, 2.24) is 0 Å². The zero-order chi connectivity index (χ0) is 17.8. The van der Waals surface area contributed by atoms with E-state index >= 15 is 0 Å². The van der Waals surface area contributed by atoms with Gasteiger partial charge in [-0.25, -0.2) is 9.59 Å². The van der Waals surface area contributed by atoms with Crippen LogP contribution in [0.1, 0.15) is 68.6 Å². The summed E-state index contributed by atoms with van der Waals surface area (Å²) in [5.41, 5.74) is -0.330. The molecule has 0 aliphatic rings. The van der Waals surface area contributed by atoms with Gasteiger partial charge in [-0.05, 0) is 24.6 Å². The molecule has 0 spiro atoms. The Hall–Kier alpha value is -2.24. The highest BCUT2D eigenvalue weighted by Crippen LogP contribution is 2.23. The Kier molecular flexibility index (Phi) is 9.34. The van der Waals surface area contributed by atoms with Gasteiger partial charge in [-0.15, -0.1) is 0 Å². The lowest BCUT2D eigenvalue weighted by Crippen LogP contribution is -2.12. The molecular weight excluding hydrogens is 312 g/mol. The smallest absolute Gasteiger partial charge is 0.507 e. The van der Waals surface area contributed by atoms with Crippen LogP contribution >= 0.6 is 0 Å². The first-order valence-corrected chi connectivity index (χ1v) is 8.45. The van der Waals surface area contributed by atoms with E-state index in [0.29, 0.717) is 0 Å². The van der Waals surface area contributed by atoms with Crippen molar-refractivity contribution in [3.63, 3.8) is 0 Å². The van der Waals surface area contributed by atoms with Gasteiger partial charge < -0.3 is 19.7 Å². The third kappa shape index (κ3) is 7.85. The van der Waals surface area contributed by atoms with Gasteiger partial charge >= 0.3 is 12.1 Å². The molecule has 6 nitrogen and oxygen atoms in total. The number of carboxylic acids is 1. The largest absolute Gasteiger partial charge is 0.513 e. The second-order valence-electron chi connectivity index (χ2n) is 5.66. The molecule has 0 bridgehead atoms. The van der Waals surface area contributed by atoms with Crippen molar-refractivity contribution in [3.05, 3.63) is 23.8 Å². The summed E-state index contributed by atoms with van der Waals surface area (Å²) in [6.07, 6.45) is 8.30. The minimum absolute atomic E-state index is 0.0196. The van der Waals surface area contributed by atoms with Crippen LogP contribution in [0.5, 0.6) is 11.5 Å². The van der Waals surface area contributed by atoms with Crippen molar-refractivity contribution in [2.24, 2.45) is 0 Å². The summed E-state index contributed by atoms with van der Waals surface area (Å²) in [6, 6.07) is 3.54. The minimum Gasteiger partial charge on any atom is -0.507 e. The van der Waals surface area contributed by atoms with Crippen molar-refractivity contribution in [3.8, 4) is 11.5 Å². The number of rotatable bonds is 11. The number of hydrogen-bond acceptors (Lipinski definition) is 5. The minimum atomic E-state index is -1.30. The van der Waals surface area contributed by atoms with Crippen molar-refractivity contribution >= 4 is 12.1 Å². The number of benzene rings is 1. The molecule has 0 fully saturated rings. The Morgan fingerprint density at radius 3 is 2.25 bits per heavy atom. The first-order chi connectivity index (χ1) is 11.5. The number of carbonyl (C=O) groups is 2. The monoisotopic (exact) mass is 338 g/mol. The maximum atomic E-state index is 11.5. The van der Waals surface area contributed by atoms with Gasteiger partial charge in [0.05, 0.1) is 6.61 Å². The second-order valence-corrected chi connectivity index (χ2v) is 5.66. The van der Waals surface area contributed by atoms with Crippen LogP contribution < -0.4 is 4.74 Å². The molecule has 1 aromatic carbocycles. The number of carboxylic acid groups (broad SMARTS) is 1. The third-order valence-corrected chi connectivity index (χ3v) is 3.62. The Morgan fingerprint density at radius 1 is 1.00 bits per heavy atom. The summed E-state index contributed by atoms with van der Waals surface area (Å²) in [5, 5.41) is 18.3. The van der Waals surface area contributed by atoms with Crippen LogP contribution in [-0.2, 0) is 4.74 Å². The van der Waals surface area contributed by atoms with Gasteiger partial charge in [-0.1, -0.05) is 51.9 Å². The summed E-state index contributed by atoms with van der Waals surface area (Å²) in [5.74, 6) is -1.67. The zero-order valence-electron chi connectivity index (χ0n) is 14.1. The van der Waals surface area contributed by atoms with Crippen LogP contribution in [0.2, 0.25) is 0 Å². The maximum absolute atomic E-state index is 11.5. The average molecular weight is 338 g/mol. The molecule has 2 N–H and O–H groups in total. The highest BCUT2D eigenvalue weighted by Gasteiger charge is 2.13. The predicted octanol–water partition coefficient (Wildman–Crippen LogP) is 4.75.